The number of rotatable bonds is 9. The molecule has 6 heteroatoms. The molecule has 1 saturated carbocycles. The Balaban J connectivity index is 2.06. The van der Waals surface area contributed by atoms with Gasteiger partial charge in [0.2, 0.25) is 5.91 Å². The predicted molar refractivity (Wildman–Crippen MR) is 110 cm³/mol. The summed E-state index contributed by atoms with van der Waals surface area (Å²) in [7, 11) is 0. The van der Waals surface area contributed by atoms with E-state index >= 15 is 0 Å². The van der Waals surface area contributed by atoms with Gasteiger partial charge in [-0.3, -0.25) is 4.79 Å². The number of carbonyl (C=O) groups is 1. The van der Waals surface area contributed by atoms with Crippen molar-refractivity contribution in [3.63, 3.8) is 0 Å². The predicted octanol–water partition coefficient (Wildman–Crippen LogP) is 2.82. The highest BCUT2D eigenvalue weighted by molar-refractivity contribution is 5.92. The molecular weight excluding hydrogens is 340 g/mol. The van der Waals surface area contributed by atoms with E-state index < -0.39 is 5.91 Å². The number of amides is 1. The number of aliphatic imine (C=N–C) groups is 1. The molecule has 0 bridgehead atoms. The Hall–Kier alpha value is -2.08. The summed E-state index contributed by atoms with van der Waals surface area (Å²) in [5, 5.41) is 6.96. The summed E-state index contributed by atoms with van der Waals surface area (Å²) >= 11 is 0. The summed E-state index contributed by atoms with van der Waals surface area (Å²) in [6.45, 7) is 10.7. The van der Waals surface area contributed by atoms with Gasteiger partial charge in [0.1, 0.15) is 0 Å². The Morgan fingerprint density at radius 1 is 1.22 bits per heavy atom. The normalized spacial score (nSPS) is 21.4. The summed E-state index contributed by atoms with van der Waals surface area (Å²) in [6, 6.07) is 7.63. The molecule has 0 aromatic heterocycles. The van der Waals surface area contributed by atoms with Crippen LogP contribution in [0.3, 0.4) is 0 Å². The average Bonchev–Trinajstić information content (AvgIpc) is 2.66. The molecular formula is C21H34N4O2. The highest BCUT2D eigenvalue weighted by atomic mass is 16.5. The Morgan fingerprint density at radius 2 is 1.89 bits per heavy atom. The number of primary amides is 1. The van der Waals surface area contributed by atoms with E-state index in [0.29, 0.717) is 24.3 Å². The van der Waals surface area contributed by atoms with Crippen molar-refractivity contribution in [1.29, 1.82) is 0 Å². The van der Waals surface area contributed by atoms with Crippen molar-refractivity contribution < 1.29 is 9.53 Å². The lowest BCUT2D eigenvalue weighted by atomic mass is 9.58. The van der Waals surface area contributed by atoms with Crippen molar-refractivity contribution in [2.24, 2.45) is 16.1 Å². The molecule has 1 aromatic carbocycles. The highest BCUT2D eigenvalue weighted by Crippen LogP contribution is 2.48. The molecule has 1 aliphatic carbocycles. The van der Waals surface area contributed by atoms with Gasteiger partial charge < -0.3 is 21.1 Å². The summed E-state index contributed by atoms with van der Waals surface area (Å²) in [6.07, 6.45) is 3.49. The van der Waals surface area contributed by atoms with Crippen molar-refractivity contribution >= 4 is 11.9 Å². The van der Waals surface area contributed by atoms with Gasteiger partial charge in [-0.1, -0.05) is 26.0 Å². The summed E-state index contributed by atoms with van der Waals surface area (Å²) in [5.74, 6) is 0.409. The molecule has 1 amide bonds. The SMILES string of the molecule is CCNC(=NCc1ccc(C(N)=O)cc1)NC1CC(OCC)C1(CC)CC. The number of ether oxygens (including phenoxy) is 1. The quantitative estimate of drug-likeness (QED) is 0.458. The first-order valence-electron chi connectivity index (χ1n) is 10.1. The van der Waals surface area contributed by atoms with Gasteiger partial charge in [-0.25, -0.2) is 4.99 Å². The van der Waals surface area contributed by atoms with Crippen molar-refractivity contribution in [1.82, 2.24) is 10.6 Å². The van der Waals surface area contributed by atoms with Gasteiger partial charge in [0.15, 0.2) is 5.96 Å². The van der Waals surface area contributed by atoms with Crippen LogP contribution in [-0.4, -0.2) is 37.2 Å². The molecule has 2 atom stereocenters. The fourth-order valence-electron chi connectivity index (χ4n) is 4.01. The zero-order valence-corrected chi connectivity index (χ0v) is 17.0. The van der Waals surface area contributed by atoms with Crippen LogP contribution in [0.1, 0.15) is 62.9 Å². The molecule has 0 radical (unpaired) electrons. The third kappa shape index (κ3) is 4.80. The number of benzene rings is 1. The molecule has 150 valence electrons. The van der Waals surface area contributed by atoms with Crippen molar-refractivity contribution in [3.05, 3.63) is 35.4 Å². The van der Waals surface area contributed by atoms with Crippen LogP contribution in [0, 0.1) is 5.41 Å². The summed E-state index contributed by atoms with van der Waals surface area (Å²) < 4.78 is 5.97. The van der Waals surface area contributed by atoms with Gasteiger partial charge in [-0.05, 0) is 50.8 Å². The number of nitrogens with two attached hydrogens (primary N) is 1. The van der Waals surface area contributed by atoms with Crippen LogP contribution in [-0.2, 0) is 11.3 Å². The largest absolute Gasteiger partial charge is 0.378 e. The fourth-order valence-corrected chi connectivity index (χ4v) is 4.01. The van der Waals surface area contributed by atoms with E-state index in [4.69, 9.17) is 15.5 Å². The molecule has 0 saturated heterocycles. The second kappa shape index (κ2) is 9.74. The van der Waals surface area contributed by atoms with Crippen LogP contribution in [0.25, 0.3) is 0 Å². The van der Waals surface area contributed by atoms with Gasteiger partial charge in [0, 0.05) is 30.2 Å². The van der Waals surface area contributed by atoms with Gasteiger partial charge in [-0.15, -0.1) is 0 Å². The highest BCUT2D eigenvalue weighted by Gasteiger charge is 2.53. The molecule has 0 spiro atoms. The molecule has 0 aliphatic heterocycles. The third-order valence-corrected chi connectivity index (χ3v) is 5.78. The zero-order chi connectivity index (χ0) is 19.9. The Bertz CT molecular complexity index is 638. The summed E-state index contributed by atoms with van der Waals surface area (Å²) in [4.78, 5) is 15.9. The maximum Gasteiger partial charge on any atom is 0.248 e. The standard InChI is InChI=1S/C21H34N4O2/c1-5-21(6-2)17(13-18(21)27-8-4)25-20(23-7-3)24-14-15-9-11-16(12-10-15)19(22)26/h9-12,17-18H,5-8,13-14H2,1-4H3,(H2,22,26)(H2,23,24,25). The van der Waals surface area contributed by atoms with E-state index in [-0.39, 0.29) is 5.41 Å². The van der Waals surface area contributed by atoms with Crippen molar-refractivity contribution in [2.75, 3.05) is 13.2 Å². The number of carbonyl (C=O) groups excluding carboxylic acids is 1. The minimum Gasteiger partial charge on any atom is -0.378 e. The molecule has 2 rings (SSSR count). The van der Waals surface area contributed by atoms with Crippen molar-refractivity contribution in [3.8, 4) is 0 Å². The molecule has 1 aromatic rings. The smallest absolute Gasteiger partial charge is 0.248 e. The monoisotopic (exact) mass is 374 g/mol. The van der Waals surface area contributed by atoms with Crippen LogP contribution in [0.15, 0.2) is 29.3 Å². The van der Waals surface area contributed by atoms with E-state index in [9.17, 15) is 4.79 Å². The molecule has 4 N–H and O–H groups in total. The number of nitrogens with zero attached hydrogens (tertiary/aromatic N) is 1. The second-order valence-electron chi connectivity index (χ2n) is 7.07. The van der Waals surface area contributed by atoms with E-state index in [0.717, 1.165) is 43.9 Å². The maximum absolute atomic E-state index is 11.2. The number of hydrogen-bond donors (Lipinski definition) is 3. The van der Waals surface area contributed by atoms with Crippen molar-refractivity contribution in [2.45, 2.75) is 65.6 Å². The van der Waals surface area contributed by atoms with Crippen LogP contribution in [0.5, 0.6) is 0 Å². The summed E-state index contributed by atoms with van der Waals surface area (Å²) in [5.41, 5.74) is 7.00. The molecule has 1 aliphatic rings. The molecule has 6 nitrogen and oxygen atoms in total. The number of hydrogen-bond acceptors (Lipinski definition) is 3. The second-order valence-corrected chi connectivity index (χ2v) is 7.07. The minimum absolute atomic E-state index is 0.162. The van der Waals surface area contributed by atoms with Gasteiger partial charge >= 0.3 is 0 Å². The fraction of sp³-hybridized carbons (Fsp3) is 0.619. The lowest BCUT2D eigenvalue weighted by molar-refractivity contribution is -0.133. The molecule has 27 heavy (non-hydrogen) atoms. The lowest BCUT2D eigenvalue weighted by Crippen LogP contribution is -2.65. The number of nitrogens with one attached hydrogen (secondary N) is 2. The Labute approximate surface area is 163 Å². The average molecular weight is 375 g/mol. The van der Waals surface area contributed by atoms with E-state index in [1.165, 1.54) is 0 Å². The Morgan fingerprint density at radius 3 is 2.41 bits per heavy atom. The first-order chi connectivity index (χ1) is 13.0. The first-order valence-corrected chi connectivity index (χ1v) is 10.1. The van der Waals surface area contributed by atoms with Crippen LogP contribution >= 0.6 is 0 Å². The van der Waals surface area contributed by atoms with Gasteiger partial charge in [0.05, 0.1) is 12.6 Å². The molecule has 2 unspecified atom stereocenters. The van der Waals surface area contributed by atoms with Gasteiger partial charge in [0.25, 0.3) is 0 Å². The third-order valence-electron chi connectivity index (χ3n) is 5.78. The maximum atomic E-state index is 11.2. The van der Waals surface area contributed by atoms with Crippen LogP contribution in [0.4, 0.5) is 0 Å². The van der Waals surface area contributed by atoms with Crippen LogP contribution < -0.4 is 16.4 Å². The lowest BCUT2D eigenvalue weighted by Gasteiger charge is -2.55. The van der Waals surface area contributed by atoms with Gasteiger partial charge in [-0.2, -0.15) is 0 Å². The number of guanidine groups is 1. The van der Waals surface area contributed by atoms with E-state index in [1.54, 1.807) is 12.1 Å². The Kier molecular flexibility index (Phi) is 7.66. The first kappa shape index (κ1) is 21.2. The van der Waals surface area contributed by atoms with Crippen LogP contribution in [0.2, 0.25) is 0 Å². The molecule has 1 fully saturated rings. The van der Waals surface area contributed by atoms with E-state index in [2.05, 4.69) is 38.3 Å². The van der Waals surface area contributed by atoms with E-state index in [1.807, 2.05) is 12.1 Å². The zero-order valence-electron chi connectivity index (χ0n) is 17.0. The molecule has 0 heterocycles. The topological polar surface area (TPSA) is 88.7 Å². The minimum atomic E-state index is -0.413.